The lowest BCUT2D eigenvalue weighted by Crippen LogP contribution is -2.47. The predicted molar refractivity (Wildman–Crippen MR) is 97.5 cm³/mol. The van der Waals surface area contributed by atoms with Crippen molar-refractivity contribution < 1.29 is 0 Å². The largest absolute Gasteiger partial charge is 0.370 e. The molecule has 2 rings (SSSR count). The normalized spacial score (nSPS) is 10.1. The molecule has 0 bridgehead atoms. The van der Waals surface area contributed by atoms with Crippen LogP contribution in [0.3, 0.4) is 0 Å². The van der Waals surface area contributed by atoms with Crippen molar-refractivity contribution in [2.45, 2.75) is 13.0 Å². The second-order valence-electron chi connectivity index (χ2n) is 4.86. The smallest absolute Gasteiger partial charge is 0.194 e. The van der Waals surface area contributed by atoms with E-state index in [1.54, 1.807) is 18.3 Å². The molecule has 0 saturated heterocycles. The molecule has 23 heavy (non-hydrogen) atoms. The second-order valence-corrected chi connectivity index (χ2v) is 5.66. The highest BCUT2D eigenvalue weighted by atomic mass is 35.5. The monoisotopic (exact) mass is 347 g/mol. The number of guanidine groups is 1. The third-order valence-electron chi connectivity index (χ3n) is 3.23. The third kappa shape index (κ3) is 5.19. The van der Waals surface area contributed by atoms with Gasteiger partial charge in [-0.2, -0.15) is 0 Å². The number of rotatable bonds is 5. The first-order valence-electron chi connectivity index (χ1n) is 7.10. The number of aromatic nitrogens is 1. The Morgan fingerprint density at radius 2 is 2.00 bits per heavy atom. The number of nitrogens with zero attached hydrogens (tertiary/aromatic N) is 2. The molecule has 2 aromatic rings. The molecule has 0 amide bonds. The molecule has 0 unspecified atom stereocenters. The lowest BCUT2D eigenvalue weighted by Gasteiger charge is -2.24. The van der Waals surface area contributed by atoms with Gasteiger partial charge in [0.05, 0.1) is 10.7 Å². The Bertz CT molecular complexity index is 677. The van der Waals surface area contributed by atoms with Crippen LogP contribution >= 0.6 is 23.8 Å². The van der Waals surface area contributed by atoms with E-state index >= 15 is 0 Å². The van der Waals surface area contributed by atoms with Crippen molar-refractivity contribution in [1.29, 1.82) is 5.41 Å². The molecule has 0 aliphatic carbocycles. The Balaban J connectivity index is 1.94. The van der Waals surface area contributed by atoms with Crippen molar-refractivity contribution in [2.75, 3.05) is 6.54 Å². The maximum absolute atomic E-state index is 7.71. The summed E-state index contributed by atoms with van der Waals surface area (Å²) in [7, 11) is 0. The maximum Gasteiger partial charge on any atom is 0.194 e. The zero-order chi connectivity index (χ0) is 16.7. The van der Waals surface area contributed by atoms with Crippen molar-refractivity contribution in [3.8, 4) is 0 Å². The molecular formula is C16H18ClN5S. The number of hydrogen-bond donors (Lipinski definition) is 3. The summed E-state index contributed by atoms with van der Waals surface area (Å²) >= 11 is 11.4. The molecule has 0 aliphatic heterocycles. The van der Waals surface area contributed by atoms with Gasteiger partial charge in [-0.15, -0.1) is 0 Å². The Labute approximate surface area is 146 Å². The van der Waals surface area contributed by atoms with Gasteiger partial charge in [-0.1, -0.05) is 41.9 Å². The lowest BCUT2D eigenvalue weighted by atomic mass is 10.2. The van der Waals surface area contributed by atoms with Crippen LogP contribution in [0.25, 0.3) is 0 Å². The van der Waals surface area contributed by atoms with Gasteiger partial charge in [-0.05, 0) is 29.9 Å². The highest BCUT2D eigenvalue weighted by Gasteiger charge is 2.13. The molecule has 1 aromatic carbocycles. The molecule has 0 saturated carbocycles. The molecule has 120 valence electrons. The Morgan fingerprint density at radius 1 is 1.26 bits per heavy atom. The van der Waals surface area contributed by atoms with Crippen molar-refractivity contribution in [1.82, 2.24) is 15.2 Å². The number of nitrogens with one attached hydrogen (secondary N) is 2. The minimum absolute atomic E-state index is 0.109. The number of hydrogen-bond acceptors (Lipinski definition) is 3. The lowest BCUT2D eigenvalue weighted by molar-refractivity contribution is 0.574. The fourth-order valence-corrected chi connectivity index (χ4v) is 2.50. The standard InChI is InChI=1S/C16H18ClN5S/c17-13-7-4-9-20-14(13)8-10-22(15(18)19)16(23)21-11-12-5-2-1-3-6-12/h1-7,9H,8,10-11H2,(H3,18,19)(H,21,23). The molecule has 7 heteroatoms. The summed E-state index contributed by atoms with van der Waals surface area (Å²) in [5.41, 5.74) is 7.50. The summed E-state index contributed by atoms with van der Waals surface area (Å²) in [4.78, 5) is 5.76. The fourth-order valence-electron chi connectivity index (χ4n) is 2.02. The molecule has 0 spiro atoms. The van der Waals surface area contributed by atoms with E-state index < -0.39 is 0 Å². The molecule has 5 nitrogen and oxygen atoms in total. The van der Waals surface area contributed by atoms with Crippen LogP contribution in [0.5, 0.6) is 0 Å². The summed E-state index contributed by atoms with van der Waals surface area (Å²) in [6.45, 7) is 1.01. The highest BCUT2D eigenvalue weighted by molar-refractivity contribution is 7.80. The van der Waals surface area contributed by atoms with E-state index in [9.17, 15) is 0 Å². The molecular weight excluding hydrogens is 330 g/mol. The Hall–Kier alpha value is -2.18. The van der Waals surface area contributed by atoms with Crippen LogP contribution in [0.2, 0.25) is 5.02 Å². The molecule has 4 N–H and O–H groups in total. The van der Waals surface area contributed by atoms with E-state index in [4.69, 9.17) is 35.0 Å². The summed E-state index contributed by atoms with van der Waals surface area (Å²) in [6.07, 6.45) is 2.23. The first kappa shape index (κ1) is 17.2. The van der Waals surface area contributed by atoms with E-state index in [-0.39, 0.29) is 5.96 Å². The number of benzene rings is 1. The zero-order valence-electron chi connectivity index (χ0n) is 12.5. The van der Waals surface area contributed by atoms with Gasteiger partial charge < -0.3 is 11.1 Å². The third-order valence-corrected chi connectivity index (χ3v) is 3.94. The quantitative estimate of drug-likeness (QED) is 0.440. The molecule has 0 radical (unpaired) electrons. The van der Waals surface area contributed by atoms with Crippen LogP contribution in [0, 0.1) is 5.41 Å². The topological polar surface area (TPSA) is 78.0 Å². The second kappa shape index (κ2) is 8.45. The average Bonchev–Trinajstić information content (AvgIpc) is 2.55. The highest BCUT2D eigenvalue weighted by Crippen LogP contribution is 2.13. The van der Waals surface area contributed by atoms with Crippen LogP contribution in [0.1, 0.15) is 11.3 Å². The van der Waals surface area contributed by atoms with Gasteiger partial charge in [0.2, 0.25) is 0 Å². The van der Waals surface area contributed by atoms with Gasteiger partial charge in [-0.3, -0.25) is 15.3 Å². The van der Waals surface area contributed by atoms with Gasteiger partial charge in [0.25, 0.3) is 0 Å². The van der Waals surface area contributed by atoms with Crippen LogP contribution < -0.4 is 11.1 Å². The maximum atomic E-state index is 7.71. The Morgan fingerprint density at radius 3 is 2.65 bits per heavy atom. The van der Waals surface area contributed by atoms with E-state index in [1.165, 1.54) is 4.90 Å². The molecule has 0 aliphatic rings. The van der Waals surface area contributed by atoms with Crippen LogP contribution in [-0.4, -0.2) is 27.5 Å². The van der Waals surface area contributed by atoms with Gasteiger partial charge in [0.15, 0.2) is 11.1 Å². The summed E-state index contributed by atoms with van der Waals surface area (Å²) in [6, 6.07) is 13.5. The van der Waals surface area contributed by atoms with E-state index in [2.05, 4.69) is 10.3 Å². The van der Waals surface area contributed by atoms with Crippen LogP contribution in [0.15, 0.2) is 48.7 Å². The fraction of sp³-hybridized carbons (Fsp3) is 0.188. The first-order chi connectivity index (χ1) is 11.1. The average molecular weight is 348 g/mol. The number of pyridine rings is 1. The Kier molecular flexibility index (Phi) is 6.31. The van der Waals surface area contributed by atoms with Gasteiger partial charge >= 0.3 is 0 Å². The minimum Gasteiger partial charge on any atom is -0.370 e. The van der Waals surface area contributed by atoms with Crippen LogP contribution in [0.4, 0.5) is 0 Å². The van der Waals surface area contributed by atoms with Crippen molar-refractivity contribution in [3.05, 3.63) is 64.9 Å². The molecule has 0 fully saturated rings. The van der Waals surface area contributed by atoms with E-state index in [0.717, 1.165) is 11.3 Å². The van der Waals surface area contributed by atoms with Gasteiger partial charge in [0, 0.05) is 25.7 Å². The SMILES string of the molecule is N=C(N)N(CCc1ncccc1Cl)C(=S)NCc1ccccc1. The molecule has 1 heterocycles. The minimum atomic E-state index is -0.109. The van der Waals surface area contributed by atoms with Crippen molar-refractivity contribution >= 4 is 34.9 Å². The number of nitrogens with two attached hydrogens (primary N) is 1. The number of halogens is 1. The number of thiocarbonyl (C=S) groups is 1. The summed E-state index contributed by atoms with van der Waals surface area (Å²) in [5, 5.41) is 11.8. The zero-order valence-corrected chi connectivity index (χ0v) is 14.1. The van der Waals surface area contributed by atoms with E-state index in [0.29, 0.717) is 29.6 Å². The molecule has 0 atom stereocenters. The van der Waals surface area contributed by atoms with E-state index in [1.807, 2.05) is 30.3 Å². The van der Waals surface area contributed by atoms with Gasteiger partial charge in [-0.25, -0.2) is 0 Å². The summed E-state index contributed by atoms with van der Waals surface area (Å²) < 4.78 is 0. The van der Waals surface area contributed by atoms with Crippen LogP contribution in [-0.2, 0) is 13.0 Å². The van der Waals surface area contributed by atoms with Gasteiger partial charge in [0.1, 0.15) is 0 Å². The van der Waals surface area contributed by atoms with Crippen molar-refractivity contribution in [3.63, 3.8) is 0 Å². The summed E-state index contributed by atoms with van der Waals surface area (Å²) in [5.74, 6) is -0.109. The predicted octanol–water partition coefficient (Wildman–Crippen LogP) is 2.55. The molecule has 1 aromatic heterocycles. The van der Waals surface area contributed by atoms with Crippen molar-refractivity contribution in [2.24, 2.45) is 5.73 Å². The first-order valence-corrected chi connectivity index (χ1v) is 7.89.